The van der Waals surface area contributed by atoms with Gasteiger partial charge in [0.1, 0.15) is 18.4 Å². The van der Waals surface area contributed by atoms with Crippen LogP contribution in [0.4, 0.5) is 5.69 Å². The molecular weight excluding hydrogens is 218 g/mol. The molecular formula is C7H5N5O4. The van der Waals surface area contributed by atoms with E-state index in [9.17, 15) is 14.9 Å². The maximum absolute atomic E-state index is 10.5. The number of hydrogen-bond donors (Lipinski definition) is 1. The summed E-state index contributed by atoms with van der Waals surface area (Å²) in [5.74, 6) is -0.874. The fourth-order valence-electron chi connectivity index (χ4n) is 1.17. The molecule has 0 aromatic carbocycles. The number of carboxylic acids is 1. The van der Waals surface area contributed by atoms with Gasteiger partial charge in [-0.25, -0.2) is 4.98 Å². The second-order valence-corrected chi connectivity index (χ2v) is 2.93. The van der Waals surface area contributed by atoms with E-state index in [-0.39, 0.29) is 23.7 Å². The Morgan fingerprint density at radius 2 is 2.31 bits per heavy atom. The minimum absolute atomic E-state index is 0.0960. The number of carbonyl (C=O) groups is 1. The summed E-state index contributed by atoms with van der Waals surface area (Å²) < 4.78 is 1.19. The highest BCUT2D eigenvalue weighted by Gasteiger charge is 2.14. The molecule has 82 valence electrons. The Kier molecular flexibility index (Phi) is 2.20. The number of hydrogen-bond acceptors (Lipinski definition) is 6. The van der Waals surface area contributed by atoms with E-state index >= 15 is 0 Å². The van der Waals surface area contributed by atoms with Gasteiger partial charge in [0.05, 0.1) is 11.1 Å². The van der Waals surface area contributed by atoms with Gasteiger partial charge in [-0.3, -0.25) is 19.3 Å². The minimum Gasteiger partial charge on any atom is -0.481 e. The Labute approximate surface area is 87.5 Å². The van der Waals surface area contributed by atoms with Crippen molar-refractivity contribution in [2.45, 2.75) is 6.42 Å². The smallest absolute Gasteiger partial charge is 0.311 e. The van der Waals surface area contributed by atoms with Crippen LogP contribution in [0.1, 0.15) is 5.82 Å². The van der Waals surface area contributed by atoms with Gasteiger partial charge in [-0.1, -0.05) is 0 Å². The van der Waals surface area contributed by atoms with E-state index in [1.54, 1.807) is 0 Å². The van der Waals surface area contributed by atoms with Gasteiger partial charge < -0.3 is 5.11 Å². The molecule has 1 N–H and O–H groups in total. The van der Waals surface area contributed by atoms with Crippen LogP contribution in [0, 0.1) is 10.1 Å². The van der Waals surface area contributed by atoms with E-state index in [4.69, 9.17) is 5.11 Å². The van der Waals surface area contributed by atoms with Crippen molar-refractivity contribution in [2.75, 3.05) is 0 Å². The third-order valence-corrected chi connectivity index (χ3v) is 1.84. The van der Waals surface area contributed by atoms with Crippen LogP contribution in [-0.4, -0.2) is 35.6 Å². The average Bonchev–Trinajstić information content (AvgIpc) is 2.60. The van der Waals surface area contributed by atoms with E-state index in [1.807, 2.05) is 0 Å². The normalized spacial score (nSPS) is 10.5. The summed E-state index contributed by atoms with van der Waals surface area (Å²) in [7, 11) is 0. The first kappa shape index (κ1) is 9.96. The second kappa shape index (κ2) is 3.53. The molecule has 0 saturated carbocycles. The highest BCUT2D eigenvalue weighted by atomic mass is 16.6. The quantitative estimate of drug-likeness (QED) is 0.557. The van der Waals surface area contributed by atoms with Crippen molar-refractivity contribution >= 4 is 17.4 Å². The van der Waals surface area contributed by atoms with Crippen molar-refractivity contribution < 1.29 is 14.8 Å². The highest BCUT2D eigenvalue weighted by Crippen LogP contribution is 2.10. The van der Waals surface area contributed by atoms with Crippen molar-refractivity contribution in [3.05, 3.63) is 28.3 Å². The number of aromatic nitrogens is 4. The van der Waals surface area contributed by atoms with Crippen LogP contribution in [-0.2, 0) is 11.2 Å². The minimum atomic E-state index is -1.10. The zero-order valence-electron chi connectivity index (χ0n) is 7.77. The van der Waals surface area contributed by atoms with Crippen LogP contribution in [0.15, 0.2) is 12.4 Å². The van der Waals surface area contributed by atoms with E-state index in [0.717, 1.165) is 12.4 Å². The van der Waals surface area contributed by atoms with Crippen molar-refractivity contribution in [2.24, 2.45) is 0 Å². The van der Waals surface area contributed by atoms with Crippen molar-refractivity contribution in [1.82, 2.24) is 19.6 Å². The molecule has 0 amide bonds. The summed E-state index contributed by atoms with van der Waals surface area (Å²) in [4.78, 5) is 24.0. The Morgan fingerprint density at radius 1 is 1.56 bits per heavy atom. The average molecular weight is 223 g/mol. The summed E-state index contributed by atoms with van der Waals surface area (Å²) in [6.07, 6.45) is 1.80. The monoisotopic (exact) mass is 223 g/mol. The van der Waals surface area contributed by atoms with Crippen LogP contribution in [0.3, 0.4) is 0 Å². The number of nitrogens with zero attached hydrogens (tertiary/aromatic N) is 5. The molecule has 2 rings (SSSR count). The first-order valence-corrected chi connectivity index (χ1v) is 4.14. The molecule has 0 bridgehead atoms. The largest absolute Gasteiger partial charge is 0.481 e. The number of rotatable bonds is 3. The maximum atomic E-state index is 10.5. The van der Waals surface area contributed by atoms with Gasteiger partial charge in [0.15, 0.2) is 0 Å². The van der Waals surface area contributed by atoms with Crippen molar-refractivity contribution in [1.29, 1.82) is 0 Å². The Balaban J connectivity index is 2.55. The lowest BCUT2D eigenvalue weighted by molar-refractivity contribution is -0.385. The molecule has 2 aromatic rings. The lowest BCUT2D eigenvalue weighted by Gasteiger charge is -1.95. The van der Waals surface area contributed by atoms with E-state index in [0.29, 0.717) is 0 Å². The van der Waals surface area contributed by atoms with Gasteiger partial charge in [-0.15, -0.1) is 10.2 Å². The zero-order valence-corrected chi connectivity index (χ0v) is 7.77. The van der Waals surface area contributed by atoms with Gasteiger partial charge in [0.25, 0.3) is 5.78 Å². The van der Waals surface area contributed by atoms with Crippen LogP contribution < -0.4 is 0 Å². The molecule has 0 aliphatic carbocycles. The zero-order chi connectivity index (χ0) is 11.7. The van der Waals surface area contributed by atoms with E-state index in [1.165, 1.54) is 4.40 Å². The van der Waals surface area contributed by atoms with Crippen molar-refractivity contribution in [3.8, 4) is 0 Å². The van der Waals surface area contributed by atoms with Crippen molar-refractivity contribution in [3.63, 3.8) is 0 Å². The van der Waals surface area contributed by atoms with Gasteiger partial charge >= 0.3 is 11.7 Å². The standard InChI is InChI=1S/C7H5N5O4/c13-6(14)1-5-9-10-7-8-2-4(12(15)16)3-11(5)7/h2-3H,1H2,(H,13,14). The molecule has 16 heavy (non-hydrogen) atoms. The maximum Gasteiger partial charge on any atom is 0.311 e. The molecule has 2 heterocycles. The Bertz CT molecular complexity index is 577. The number of nitro groups is 1. The lowest BCUT2D eigenvalue weighted by Crippen LogP contribution is -2.05. The van der Waals surface area contributed by atoms with Crippen LogP contribution in [0.5, 0.6) is 0 Å². The summed E-state index contributed by atoms with van der Waals surface area (Å²) in [5, 5.41) is 26.3. The molecule has 0 saturated heterocycles. The molecule has 0 atom stereocenters. The summed E-state index contributed by atoms with van der Waals surface area (Å²) in [6.45, 7) is 0. The highest BCUT2D eigenvalue weighted by molar-refractivity contribution is 5.69. The molecule has 0 fully saturated rings. The number of fused-ring (bicyclic) bond motifs is 1. The van der Waals surface area contributed by atoms with Gasteiger partial charge in [0, 0.05) is 0 Å². The van der Waals surface area contributed by atoms with Crippen LogP contribution in [0.2, 0.25) is 0 Å². The SMILES string of the molecule is O=C(O)Cc1nnc2ncc([N+](=O)[O-])cn12. The summed E-state index contributed by atoms with van der Waals surface area (Å²) >= 11 is 0. The van der Waals surface area contributed by atoms with E-state index in [2.05, 4.69) is 15.2 Å². The molecule has 2 aromatic heterocycles. The molecule has 0 unspecified atom stereocenters. The second-order valence-electron chi connectivity index (χ2n) is 2.93. The predicted octanol–water partition coefficient (Wildman–Crippen LogP) is -0.340. The third-order valence-electron chi connectivity index (χ3n) is 1.84. The molecule has 0 aliphatic heterocycles. The molecule has 0 spiro atoms. The van der Waals surface area contributed by atoms with Gasteiger partial charge in [-0.2, -0.15) is 0 Å². The Morgan fingerprint density at radius 3 is 2.94 bits per heavy atom. The van der Waals surface area contributed by atoms with Crippen LogP contribution >= 0.6 is 0 Å². The van der Waals surface area contributed by atoms with E-state index < -0.39 is 10.9 Å². The van der Waals surface area contributed by atoms with Gasteiger partial charge in [-0.05, 0) is 0 Å². The predicted molar refractivity (Wildman–Crippen MR) is 48.8 cm³/mol. The Hall–Kier alpha value is -2.58. The summed E-state index contributed by atoms with van der Waals surface area (Å²) in [6, 6.07) is 0. The lowest BCUT2D eigenvalue weighted by atomic mass is 10.4. The van der Waals surface area contributed by atoms with Crippen LogP contribution in [0.25, 0.3) is 5.78 Å². The fraction of sp³-hybridized carbons (Fsp3) is 0.143. The number of aliphatic carboxylic acids is 1. The third kappa shape index (κ3) is 1.65. The first-order chi connectivity index (χ1) is 7.58. The van der Waals surface area contributed by atoms with Gasteiger partial charge in [0.2, 0.25) is 0 Å². The fourth-order valence-corrected chi connectivity index (χ4v) is 1.17. The summed E-state index contributed by atoms with van der Waals surface area (Å²) in [5.41, 5.74) is -0.251. The molecule has 0 aliphatic rings. The molecule has 0 radical (unpaired) electrons. The number of carboxylic acid groups (broad SMARTS) is 1. The topological polar surface area (TPSA) is 124 Å². The molecule has 9 heteroatoms. The first-order valence-electron chi connectivity index (χ1n) is 4.14. The molecule has 9 nitrogen and oxygen atoms in total.